The summed E-state index contributed by atoms with van der Waals surface area (Å²) < 4.78 is 17.5. The Bertz CT molecular complexity index is 1070. The molecule has 0 aliphatic heterocycles. The number of carbonyl (C=O) groups excluding carboxylic acids is 1. The Morgan fingerprint density at radius 3 is 2.44 bits per heavy atom. The van der Waals surface area contributed by atoms with Crippen molar-refractivity contribution >= 4 is 27.7 Å². The van der Waals surface area contributed by atoms with Crippen LogP contribution in [-0.2, 0) is 0 Å². The summed E-state index contributed by atoms with van der Waals surface area (Å²) in [6.07, 6.45) is 6.70. The van der Waals surface area contributed by atoms with Gasteiger partial charge in [0.15, 0.2) is 5.82 Å². The number of nitrogens with zero attached hydrogens (tertiary/aromatic N) is 4. The van der Waals surface area contributed by atoms with Crippen molar-refractivity contribution in [2.75, 3.05) is 5.32 Å². The zero-order valence-electron chi connectivity index (χ0n) is 13.9. The molecule has 0 radical (unpaired) electrons. The van der Waals surface area contributed by atoms with E-state index in [2.05, 4.69) is 31.3 Å². The summed E-state index contributed by atoms with van der Waals surface area (Å²) in [5.74, 6) is 0.284. The fourth-order valence-electron chi connectivity index (χ4n) is 2.63. The number of aromatic nitrogens is 4. The van der Waals surface area contributed by atoms with Crippen LogP contribution in [0.1, 0.15) is 10.4 Å². The summed E-state index contributed by atoms with van der Waals surface area (Å²) in [5, 5.41) is 7.10. The van der Waals surface area contributed by atoms with E-state index in [1.54, 1.807) is 39.7 Å². The van der Waals surface area contributed by atoms with Crippen molar-refractivity contribution in [3.8, 4) is 11.5 Å². The molecule has 3 heterocycles. The zero-order valence-corrected chi connectivity index (χ0v) is 15.5. The lowest BCUT2D eigenvalue weighted by Crippen LogP contribution is -2.16. The summed E-state index contributed by atoms with van der Waals surface area (Å²) >= 11 is 3.31. The van der Waals surface area contributed by atoms with Crippen molar-refractivity contribution < 1.29 is 9.18 Å². The van der Waals surface area contributed by atoms with Crippen LogP contribution >= 0.6 is 15.9 Å². The van der Waals surface area contributed by atoms with E-state index in [9.17, 15) is 9.18 Å². The molecule has 0 saturated heterocycles. The summed E-state index contributed by atoms with van der Waals surface area (Å²) in [4.78, 5) is 17.0. The number of nitrogens with one attached hydrogen (secondary N) is 1. The Morgan fingerprint density at radius 2 is 1.78 bits per heavy atom. The maximum Gasteiger partial charge on any atom is 0.262 e. The minimum Gasteiger partial charge on any atom is -0.308 e. The molecule has 0 saturated carbocycles. The fraction of sp³-hybridized carbons (Fsp3) is 0. The number of pyridine rings is 1. The maximum atomic E-state index is 13.3. The Balaban J connectivity index is 1.75. The largest absolute Gasteiger partial charge is 0.308 e. The summed E-state index contributed by atoms with van der Waals surface area (Å²) in [7, 11) is 0. The second-order valence-electron chi connectivity index (χ2n) is 5.68. The first-order valence-electron chi connectivity index (χ1n) is 8.02. The van der Waals surface area contributed by atoms with Gasteiger partial charge in [-0.3, -0.25) is 4.79 Å². The van der Waals surface area contributed by atoms with E-state index in [0.717, 1.165) is 4.47 Å². The second-order valence-corrected chi connectivity index (χ2v) is 6.59. The van der Waals surface area contributed by atoms with Gasteiger partial charge < -0.3 is 9.88 Å². The SMILES string of the molecule is O=C(Nc1ccc(Br)cn1)c1cnn(-c2ccc(F)cc2)c1-n1cccc1. The minimum absolute atomic E-state index is 0.340. The molecule has 0 spiro atoms. The highest BCUT2D eigenvalue weighted by molar-refractivity contribution is 9.10. The molecule has 0 fully saturated rings. The standard InChI is InChI=1S/C19H13BrFN5O/c20-13-3-8-17(22-11-13)24-18(27)16-12-23-26(15-6-4-14(21)5-7-15)19(16)25-9-1-2-10-25/h1-12H,(H,22,24,27). The van der Waals surface area contributed by atoms with E-state index in [0.29, 0.717) is 22.9 Å². The Labute approximate surface area is 162 Å². The quantitative estimate of drug-likeness (QED) is 0.532. The molecule has 27 heavy (non-hydrogen) atoms. The van der Waals surface area contributed by atoms with E-state index in [1.165, 1.54) is 18.3 Å². The lowest BCUT2D eigenvalue weighted by atomic mass is 10.2. The molecule has 8 heteroatoms. The van der Waals surface area contributed by atoms with Crippen LogP contribution in [-0.4, -0.2) is 25.2 Å². The van der Waals surface area contributed by atoms with Crippen molar-refractivity contribution in [2.45, 2.75) is 0 Å². The lowest BCUT2D eigenvalue weighted by Gasteiger charge is -2.11. The predicted octanol–water partition coefficient (Wildman–Crippen LogP) is 4.21. The maximum absolute atomic E-state index is 13.3. The van der Waals surface area contributed by atoms with E-state index >= 15 is 0 Å². The fourth-order valence-corrected chi connectivity index (χ4v) is 2.87. The molecule has 0 bridgehead atoms. The van der Waals surface area contributed by atoms with Crippen LogP contribution in [0.3, 0.4) is 0 Å². The molecule has 1 amide bonds. The van der Waals surface area contributed by atoms with Gasteiger partial charge in [0.25, 0.3) is 5.91 Å². The second kappa shape index (κ2) is 7.16. The number of rotatable bonds is 4. The Hall–Kier alpha value is -3.26. The van der Waals surface area contributed by atoms with Gasteiger partial charge in [0.1, 0.15) is 17.2 Å². The van der Waals surface area contributed by atoms with Gasteiger partial charge in [0, 0.05) is 23.1 Å². The third-order valence-corrected chi connectivity index (χ3v) is 4.35. The summed E-state index contributed by atoms with van der Waals surface area (Å²) in [6.45, 7) is 0. The zero-order chi connectivity index (χ0) is 18.8. The van der Waals surface area contributed by atoms with E-state index in [-0.39, 0.29) is 11.7 Å². The number of hydrogen-bond donors (Lipinski definition) is 1. The number of hydrogen-bond acceptors (Lipinski definition) is 3. The van der Waals surface area contributed by atoms with Crippen LogP contribution in [0.4, 0.5) is 10.2 Å². The van der Waals surface area contributed by atoms with Gasteiger partial charge in [-0.25, -0.2) is 14.1 Å². The highest BCUT2D eigenvalue weighted by Gasteiger charge is 2.20. The van der Waals surface area contributed by atoms with Gasteiger partial charge in [0.2, 0.25) is 0 Å². The molecular formula is C19H13BrFN5O. The number of halogens is 2. The normalized spacial score (nSPS) is 10.7. The molecule has 0 aliphatic rings. The van der Waals surface area contributed by atoms with E-state index < -0.39 is 0 Å². The molecular weight excluding hydrogens is 413 g/mol. The van der Waals surface area contributed by atoms with Gasteiger partial charge in [-0.1, -0.05) is 0 Å². The number of amides is 1. The Kier molecular flexibility index (Phi) is 4.55. The Morgan fingerprint density at radius 1 is 1.04 bits per heavy atom. The van der Waals surface area contributed by atoms with Crippen LogP contribution < -0.4 is 5.32 Å². The first-order chi connectivity index (χ1) is 13.1. The van der Waals surface area contributed by atoms with Gasteiger partial charge in [0.05, 0.1) is 11.9 Å². The number of carbonyl (C=O) groups is 1. The minimum atomic E-state index is -0.345. The van der Waals surface area contributed by atoms with E-state index in [1.807, 2.05) is 24.5 Å². The van der Waals surface area contributed by atoms with Crippen LogP contribution in [0, 0.1) is 5.82 Å². The van der Waals surface area contributed by atoms with Crippen LogP contribution in [0.15, 0.2) is 77.8 Å². The first kappa shape index (κ1) is 17.2. The van der Waals surface area contributed by atoms with Crippen LogP contribution in [0.2, 0.25) is 0 Å². The first-order valence-corrected chi connectivity index (χ1v) is 8.81. The molecule has 1 aromatic carbocycles. The van der Waals surface area contributed by atoms with Gasteiger partial charge in [-0.05, 0) is 64.5 Å². The predicted molar refractivity (Wildman–Crippen MR) is 103 cm³/mol. The molecule has 4 aromatic rings. The average Bonchev–Trinajstić information content (AvgIpc) is 3.33. The topological polar surface area (TPSA) is 64.7 Å². The average molecular weight is 426 g/mol. The van der Waals surface area contributed by atoms with Gasteiger partial charge in [-0.15, -0.1) is 0 Å². The van der Waals surface area contributed by atoms with Crippen molar-refractivity contribution in [1.82, 2.24) is 19.3 Å². The highest BCUT2D eigenvalue weighted by atomic mass is 79.9. The molecule has 134 valence electrons. The third kappa shape index (κ3) is 3.52. The van der Waals surface area contributed by atoms with Crippen LogP contribution in [0.5, 0.6) is 0 Å². The molecule has 6 nitrogen and oxygen atoms in total. The monoisotopic (exact) mass is 425 g/mol. The lowest BCUT2D eigenvalue weighted by molar-refractivity contribution is 0.102. The number of anilines is 1. The summed E-state index contributed by atoms with van der Waals surface area (Å²) in [5.41, 5.74) is 1.00. The van der Waals surface area contributed by atoms with Gasteiger partial charge >= 0.3 is 0 Å². The molecule has 4 rings (SSSR count). The van der Waals surface area contributed by atoms with Crippen LogP contribution in [0.25, 0.3) is 11.5 Å². The highest BCUT2D eigenvalue weighted by Crippen LogP contribution is 2.21. The van der Waals surface area contributed by atoms with Crippen molar-refractivity contribution in [2.24, 2.45) is 0 Å². The summed E-state index contributed by atoms with van der Waals surface area (Å²) in [6, 6.07) is 13.1. The number of benzene rings is 1. The van der Waals surface area contributed by atoms with Crippen molar-refractivity contribution in [3.63, 3.8) is 0 Å². The smallest absolute Gasteiger partial charge is 0.262 e. The molecule has 3 aromatic heterocycles. The third-order valence-electron chi connectivity index (χ3n) is 3.88. The molecule has 0 aliphatic carbocycles. The molecule has 0 unspecified atom stereocenters. The molecule has 0 atom stereocenters. The van der Waals surface area contributed by atoms with Crippen molar-refractivity contribution in [1.29, 1.82) is 0 Å². The van der Waals surface area contributed by atoms with E-state index in [4.69, 9.17) is 0 Å². The van der Waals surface area contributed by atoms with Crippen molar-refractivity contribution in [3.05, 3.63) is 89.2 Å². The van der Waals surface area contributed by atoms with Gasteiger partial charge in [-0.2, -0.15) is 5.10 Å². The molecule has 1 N–H and O–H groups in total.